The lowest BCUT2D eigenvalue weighted by Crippen LogP contribution is -2.41. The molecule has 1 saturated carbocycles. The lowest BCUT2D eigenvalue weighted by atomic mass is 10.0. The Morgan fingerprint density at radius 3 is 2.61 bits per heavy atom. The van der Waals surface area contributed by atoms with Gasteiger partial charge in [-0.15, -0.1) is 0 Å². The third-order valence-electron chi connectivity index (χ3n) is 4.92. The lowest BCUT2D eigenvalue weighted by Gasteiger charge is -2.32. The summed E-state index contributed by atoms with van der Waals surface area (Å²) < 4.78 is 0. The molecular weight excluding hydrogens is 222 g/mol. The fourth-order valence-corrected chi connectivity index (χ4v) is 3.84. The number of nitrogens with two attached hydrogens (primary N) is 1. The van der Waals surface area contributed by atoms with Gasteiger partial charge in [-0.1, -0.05) is 13.3 Å². The summed E-state index contributed by atoms with van der Waals surface area (Å²) in [5.41, 5.74) is 5.91. The van der Waals surface area contributed by atoms with Crippen LogP contribution in [0.15, 0.2) is 0 Å². The van der Waals surface area contributed by atoms with E-state index < -0.39 is 0 Å². The second-order valence-corrected chi connectivity index (χ2v) is 6.02. The van der Waals surface area contributed by atoms with Crippen molar-refractivity contribution in [2.24, 2.45) is 11.7 Å². The van der Waals surface area contributed by atoms with Gasteiger partial charge in [-0.25, -0.2) is 0 Å². The molecule has 1 aliphatic carbocycles. The Morgan fingerprint density at radius 1 is 1.17 bits per heavy atom. The summed E-state index contributed by atoms with van der Waals surface area (Å²) in [5, 5.41) is 0. The molecule has 0 amide bonds. The molecule has 2 N–H and O–H groups in total. The first-order chi connectivity index (χ1) is 8.85. The van der Waals surface area contributed by atoms with Crippen LogP contribution in [0.2, 0.25) is 0 Å². The molecule has 2 rings (SSSR count). The largest absolute Gasteiger partial charge is 0.330 e. The quantitative estimate of drug-likeness (QED) is 0.752. The Balaban J connectivity index is 1.70. The zero-order chi connectivity index (χ0) is 12.8. The molecule has 2 aliphatic rings. The third kappa shape index (κ3) is 3.69. The topological polar surface area (TPSA) is 32.5 Å². The van der Waals surface area contributed by atoms with E-state index in [-0.39, 0.29) is 0 Å². The maximum atomic E-state index is 5.91. The summed E-state index contributed by atoms with van der Waals surface area (Å²) in [6.07, 6.45) is 8.27. The first-order valence-corrected chi connectivity index (χ1v) is 8.01. The predicted molar refractivity (Wildman–Crippen MR) is 77.7 cm³/mol. The van der Waals surface area contributed by atoms with E-state index in [2.05, 4.69) is 16.7 Å². The molecule has 3 heteroatoms. The average Bonchev–Trinajstić information content (AvgIpc) is 3.05. The minimum atomic E-state index is 0.761. The molecule has 0 aromatic rings. The smallest absolute Gasteiger partial charge is 0.0135 e. The fraction of sp³-hybridized carbons (Fsp3) is 1.00. The van der Waals surface area contributed by atoms with E-state index in [1.165, 1.54) is 71.2 Å². The molecule has 0 radical (unpaired) electrons. The monoisotopic (exact) mass is 253 g/mol. The molecule has 0 aromatic carbocycles. The van der Waals surface area contributed by atoms with Gasteiger partial charge in [0.1, 0.15) is 0 Å². The minimum absolute atomic E-state index is 0.761. The van der Waals surface area contributed by atoms with E-state index in [1.54, 1.807) is 0 Å². The van der Waals surface area contributed by atoms with Gasteiger partial charge in [0.25, 0.3) is 0 Å². The van der Waals surface area contributed by atoms with Gasteiger partial charge in [-0.2, -0.15) is 0 Å². The number of hydrogen-bond acceptors (Lipinski definition) is 3. The minimum Gasteiger partial charge on any atom is -0.330 e. The molecule has 1 aliphatic heterocycles. The van der Waals surface area contributed by atoms with Gasteiger partial charge in [0.2, 0.25) is 0 Å². The molecule has 1 heterocycles. The highest BCUT2D eigenvalue weighted by Gasteiger charge is 2.30. The fourth-order valence-electron chi connectivity index (χ4n) is 3.84. The molecule has 2 unspecified atom stereocenters. The Hall–Kier alpha value is -0.120. The summed E-state index contributed by atoms with van der Waals surface area (Å²) in [6.45, 7) is 9.63. The molecular formula is C15H31N3. The van der Waals surface area contributed by atoms with Crippen molar-refractivity contribution in [2.45, 2.75) is 51.5 Å². The average molecular weight is 253 g/mol. The summed E-state index contributed by atoms with van der Waals surface area (Å²) in [4.78, 5) is 5.32. The van der Waals surface area contributed by atoms with Crippen LogP contribution in [0.3, 0.4) is 0 Å². The van der Waals surface area contributed by atoms with Crippen LogP contribution in [0, 0.1) is 5.92 Å². The third-order valence-corrected chi connectivity index (χ3v) is 4.92. The van der Waals surface area contributed by atoms with Gasteiger partial charge in [0.05, 0.1) is 0 Å². The van der Waals surface area contributed by atoms with Gasteiger partial charge in [0.15, 0.2) is 0 Å². The Labute approximate surface area is 113 Å². The Kier molecular flexibility index (Phi) is 5.93. The van der Waals surface area contributed by atoms with Crippen molar-refractivity contribution in [2.75, 3.05) is 39.3 Å². The zero-order valence-electron chi connectivity index (χ0n) is 12.1. The van der Waals surface area contributed by atoms with Crippen LogP contribution in [-0.4, -0.2) is 55.1 Å². The maximum absolute atomic E-state index is 5.91. The maximum Gasteiger partial charge on any atom is 0.0135 e. The second kappa shape index (κ2) is 7.46. The molecule has 106 valence electrons. The molecule has 0 aromatic heterocycles. The number of hydrogen-bond donors (Lipinski definition) is 1. The van der Waals surface area contributed by atoms with E-state index in [1.807, 2.05) is 0 Å². The van der Waals surface area contributed by atoms with Crippen molar-refractivity contribution in [3.8, 4) is 0 Å². The first kappa shape index (κ1) is 14.3. The standard InChI is InChI=1S/C15H31N3/c1-2-18(15-8-5-7-14(15)13-16)12-6-11-17-9-3-4-10-17/h14-15H,2-13,16H2,1H3. The van der Waals surface area contributed by atoms with E-state index in [9.17, 15) is 0 Å². The van der Waals surface area contributed by atoms with Crippen molar-refractivity contribution < 1.29 is 0 Å². The molecule has 0 spiro atoms. The van der Waals surface area contributed by atoms with Gasteiger partial charge in [-0.05, 0) is 77.3 Å². The number of nitrogens with zero attached hydrogens (tertiary/aromatic N) is 2. The van der Waals surface area contributed by atoms with Gasteiger partial charge in [-0.3, -0.25) is 0 Å². The zero-order valence-corrected chi connectivity index (χ0v) is 12.1. The SMILES string of the molecule is CCN(CCCN1CCCC1)C1CCCC1CN. The first-order valence-electron chi connectivity index (χ1n) is 8.01. The summed E-state index contributed by atoms with van der Waals surface area (Å²) in [6, 6.07) is 0.776. The molecule has 1 saturated heterocycles. The summed E-state index contributed by atoms with van der Waals surface area (Å²) in [7, 11) is 0. The van der Waals surface area contributed by atoms with Crippen LogP contribution in [-0.2, 0) is 0 Å². The van der Waals surface area contributed by atoms with Crippen LogP contribution in [0.5, 0.6) is 0 Å². The molecule has 2 fully saturated rings. The normalized spacial score (nSPS) is 29.5. The molecule has 3 nitrogen and oxygen atoms in total. The highest BCUT2D eigenvalue weighted by atomic mass is 15.2. The highest BCUT2D eigenvalue weighted by Crippen LogP contribution is 2.29. The summed E-state index contributed by atoms with van der Waals surface area (Å²) in [5.74, 6) is 0.761. The van der Waals surface area contributed by atoms with Gasteiger partial charge in [0, 0.05) is 6.04 Å². The van der Waals surface area contributed by atoms with Crippen LogP contribution in [0.1, 0.15) is 45.4 Å². The van der Waals surface area contributed by atoms with Crippen molar-refractivity contribution in [1.29, 1.82) is 0 Å². The Bertz CT molecular complexity index is 226. The predicted octanol–water partition coefficient (Wildman–Crippen LogP) is 1.92. The molecule has 18 heavy (non-hydrogen) atoms. The lowest BCUT2D eigenvalue weighted by molar-refractivity contribution is 0.161. The molecule has 0 bridgehead atoms. The highest BCUT2D eigenvalue weighted by molar-refractivity contribution is 4.85. The van der Waals surface area contributed by atoms with E-state index >= 15 is 0 Å². The number of rotatable bonds is 7. The van der Waals surface area contributed by atoms with Crippen LogP contribution < -0.4 is 5.73 Å². The van der Waals surface area contributed by atoms with Crippen molar-refractivity contribution in [3.05, 3.63) is 0 Å². The van der Waals surface area contributed by atoms with E-state index in [0.717, 1.165) is 18.5 Å². The van der Waals surface area contributed by atoms with Crippen LogP contribution in [0.25, 0.3) is 0 Å². The Morgan fingerprint density at radius 2 is 1.94 bits per heavy atom. The number of likely N-dealkylation sites (tertiary alicyclic amines) is 1. The van der Waals surface area contributed by atoms with Crippen LogP contribution >= 0.6 is 0 Å². The van der Waals surface area contributed by atoms with E-state index in [0.29, 0.717) is 0 Å². The summed E-state index contributed by atoms with van der Waals surface area (Å²) >= 11 is 0. The van der Waals surface area contributed by atoms with Crippen molar-refractivity contribution in [3.63, 3.8) is 0 Å². The van der Waals surface area contributed by atoms with Gasteiger partial charge < -0.3 is 15.5 Å². The molecule has 2 atom stereocenters. The van der Waals surface area contributed by atoms with Crippen LogP contribution in [0.4, 0.5) is 0 Å². The van der Waals surface area contributed by atoms with Crippen molar-refractivity contribution >= 4 is 0 Å². The van der Waals surface area contributed by atoms with E-state index in [4.69, 9.17) is 5.73 Å². The van der Waals surface area contributed by atoms with Gasteiger partial charge >= 0.3 is 0 Å². The van der Waals surface area contributed by atoms with Crippen molar-refractivity contribution in [1.82, 2.24) is 9.80 Å². The second-order valence-electron chi connectivity index (χ2n) is 6.02.